The average Bonchev–Trinajstić information content (AvgIpc) is 3.32. The topological polar surface area (TPSA) is 68.5 Å². The molecule has 28 heavy (non-hydrogen) atoms. The van der Waals surface area contributed by atoms with E-state index in [9.17, 15) is 4.79 Å². The second kappa shape index (κ2) is 7.11. The van der Waals surface area contributed by atoms with Crippen molar-refractivity contribution >= 4 is 5.91 Å². The second-order valence-corrected chi connectivity index (χ2v) is 7.43. The molecule has 0 radical (unpaired) electrons. The van der Waals surface area contributed by atoms with E-state index in [1.54, 1.807) is 18.5 Å². The lowest BCUT2D eigenvalue weighted by Crippen LogP contribution is -2.49. The molecule has 0 N–H and O–H groups in total. The van der Waals surface area contributed by atoms with Crippen molar-refractivity contribution in [2.45, 2.75) is 43.9 Å². The van der Waals surface area contributed by atoms with Crippen molar-refractivity contribution in [1.82, 2.24) is 15.0 Å². The van der Waals surface area contributed by atoms with E-state index in [1.807, 2.05) is 47.4 Å². The van der Waals surface area contributed by atoms with Gasteiger partial charge in [-0.1, -0.05) is 35.5 Å². The Morgan fingerprint density at radius 2 is 1.75 bits per heavy atom. The number of amides is 1. The van der Waals surface area contributed by atoms with Gasteiger partial charge < -0.3 is 14.2 Å². The van der Waals surface area contributed by atoms with Crippen LogP contribution in [0.4, 0.5) is 0 Å². The molecule has 2 bridgehead atoms. The number of fused-ring (bicyclic) bond motifs is 2. The molecule has 2 atom stereocenters. The number of benzene rings is 1. The standard InChI is InChI=1S/C22H21N3O3/c26-22(20-14-21(28-24-20)15-4-2-1-3-5-15)25-16-6-7-17(25)13-19(12-16)27-18-8-10-23-11-9-18/h1-5,8-11,14,16-17,19H,6-7,12-13H2. The summed E-state index contributed by atoms with van der Waals surface area (Å²) in [4.78, 5) is 19.1. The van der Waals surface area contributed by atoms with Crippen LogP contribution < -0.4 is 4.74 Å². The highest BCUT2D eigenvalue weighted by Crippen LogP contribution is 2.38. The van der Waals surface area contributed by atoms with Crippen LogP contribution in [0.25, 0.3) is 11.3 Å². The normalized spacial score (nSPS) is 23.6. The van der Waals surface area contributed by atoms with Crippen molar-refractivity contribution < 1.29 is 14.1 Å². The van der Waals surface area contributed by atoms with Gasteiger partial charge in [0.1, 0.15) is 11.9 Å². The van der Waals surface area contributed by atoms with Gasteiger partial charge in [0, 0.05) is 48.9 Å². The molecule has 5 rings (SSSR count). The molecule has 4 heterocycles. The average molecular weight is 375 g/mol. The number of hydrogen-bond donors (Lipinski definition) is 0. The van der Waals surface area contributed by atoms with Gasteiger partial charge in [-0.05, 0) is 25.0 Å². The third-order valence-corrected chi connectivity index (χ3v) is 5.66. The van der Waals surface area contributed by atoms with Crippen molar-refractivity contribution in [3.63, 3.8) is 0 Å². The van der Waals surface area contributed by atoms with Gasteiger partial charge in [-0.2, -0.15) is 0 Å². The molecule has 6 nitrogen and oxygen atoms in total. The van der Waals surface area contributed by atoms with Crippen LogP contribution in [0.5, 0.6) is 5.75 Å². The van der Waals surface area contributed by atoms with Gasteiger partial charge in [0.2, 0.25) is 0 Å². The number of carbonyl (C=O) groups excluding carboxylic acids is 1. The molecule has 142 valence electrons. The summed E-state index contributed by atoms with van der Waals surface area (Å²) >= 11 is 0. The summed E-state index contributed by atoms with van der Waals surface area (Å²) in [6.07, 6.45) is 7.30. The maximum atomic E-state index is 13.1. The molecule has 0 aliphatic carbocycles. The number of carbonyl (C=O) groups is 1. The molecule has 1 amide bonds. The van der Waals surface area contributed by atoms with E-state index < -0.39 is 0 Å². The summed E-state index contributed by atoms with van der Waals surface area (Å²) in [6, 6.07) is 15.6. The number of ether oxygens (including phenoxy) is 1. The molecule has 2 fully saturated rings. The van der Waals surface area contributed by atoms with Crippen LogP contribution in [-0.2, 0) is 0 Å². The first-order chi connectivity index (χ1) is 13.8. The molecule has 0 spiro atoms. The first kappa shape index (κ1) is 17.0. The lowest BCUT2D eigenvalue weighted by molar-refractivity contribution is 0.0350. The van der Waals surface area contributed by atoms with Crippen LogP contribution in [0, 0.1) is 0 Å². The number of piperidine rings is 1. The minimum Gasteiger partial charge on any atom is -0.490 e. The number of hydrogen-bond acceptors (Lipinski definition) is 5. The van der Waals surface area contributed by atoms with E-state index in [1.165, 1.54) is 0 Å². The zero-order chi connectivity index (χ0) is 18.9. The summed E-state index contributed by atoms with van der Waals surface area (Å²) < 4.78 is 11.5. The highest BCUT2D eigenvalue weighted by atomic mass is 16.5. The lowest BCUT2D eigenvalue weighted by atomic mass is 9.99. The highest BCUT2D eigenvalue weighted by Gasteiger charge is 2.45. The molecule has 3 aromatic rings. The van der Waals surface area contributed by atoms with Crippen molar-refractivity contribution in [3.05, 3.63) is 66.6 Å². The summed E-state index contributed by atoms with van der Waals surface area (Å²) in [6.45, 7) is 0. The molecule has 1 aromatic carbocycles. The van der Waals surface area contributed by atoms with Crippen LogP contribution in [0.3, 0.4) is 0 Å². The van der Waals surface area contributed by atoms with E-state index in [0.717, 1.165) is 37.0 Å². The fourth-order valence-corrected chi connectivity index (χ4v) is 4.41. The minimum absolute atomic E-state index is 0.0409. The highest BCUT2D eigenvalue weighted by molar-refractivity contribution is 5.93. The van der Waals surface area contributed by atoms with Crippen LogP contribution in [0.2, 0.25) is 0 Å². The first-order valence-electron chi connectivity index (χ1n) is 9.69. The maximum Gasteiger partial charge on any atom is 0.276 e. The number of aromatic nitrogens is 2. The number of nitrogens with zero attached hydrogens (tertiary/aromatic N) is 3. The van der Waals surface area contributed by atoms with Gasteiger partial charge in [-0.25, -0.2) is 0 Å². The smallest absolute Gasteiger partial charge is 0.276 e. The Morgan fingerprint density at radius 1 is 1.04 bits per heavy atom. The Kier molecular flexibility index (Phi) is 4.31. The van der Waals surface area contributed by atoms with Gasteiger partial charge in [-0.15, -0.1) is 0 Å². The number of pyridine rings is 1. The molecular formula is C22H21N3O3. The lowest BCUT2D eigenvalue weighted by Gasteiger charge is -2.38. The van der Waals surface area contributed by atoms with Crippen LogP contribution in [-0.4, -0.2) is 39.1 Å². The fourth-order valence-electron chi connectivity index (χ4n) is 4.41. The van der Waals surface area contributed by atoms with Gasteiger partial charge in [-0.3, -0.25) is 9.78 Å². The van der Waals surface area contributed by atoms with E-state index in [2.05, 4.69) is 10.1 Å². The summed E-state index contributed by atoms with van der Waals surface area (Å²) in [5, 5.41) is 4.05. The van der Waals surface area contributed by atoms with Crippen LogP contribution >= 0.6 is 0 Å². The van der Waals surface area contributed by atoms with E-state index in [0.29, 0.717) is 11.5 Å². The monoisotopic (exact) mass is 375 g/mol. The Morgan fingerprint density at radius 3 is 2.46 bits per heavy atom. The Balaban J connectivity index is 1.30. The molecule has 2 saturated heterocycles. The Labute approximate surface area is 163 Å². The number of rotatable bonds is 4. The SMILES string of the molecule is O=C(c1cc(-c2ccccc2)on1)N1C2CCC1CC(Oc1ccncc1)C2. The fraction of sp³-hybridized carbons (Fsp3) is 0.318. The largest absolute Gasteiger partial charge is 0.490 e. The second-order valence-electron chi connectivity index (χ2n) is 7.43. The molecule has 2 aromatic heterocycles. The molecule has 2 aliphatic rings. The first-order valence-corrected chi connectivity index (χ1v) is 9.69. The molecule has 2 aliphatic heterocycles. The van der Waals surface area contributed by atoms with E-state index in [-0.39, 0.29) is 24.1 Å². The molecular weight excluding hydrogens is 354 g/mol. The quantitative estimate of drug-likeness (QED) is 0.691. The van der Waals surface area contributed by atoms with Gasteiger partial charge in [0.25, 0.3) is 5.91 Å². The predicted molar refractivity (Wildman–Crippen MR) is 103 cm³/mol. The van der Waals surface area contributed by atoms with Crippen molar-refractivity contribution in [2.24, 2.45) is 0 Å². The Bertz CT molecular complexity index is 943. The molecule has 0 saturated carbocycles. The van der Waals surface area contributed by atoms with Crippen molar-refractivity contribution in [2.75, 3.05) is 0 Å². The van der Waals surface area contributed by atoms with Crippen molar-refractivity contribution in [1.29, 1.82) is 0 Å². The van der Waals surface area contributed by atoms with Crippen LogP contribution in [0.15, 0.2) is 65.4 Å². The zero-order valence-corrected chi connectivity index (χ0v) is 15.4. The van der Waals surface area contributed by atoms with E-state index in [4.69, 9.17) is 9.26 Å². The summed E-state index contributed by atoms with van der Waals surface area (Å²) in [7, 11) is 0. The van der Waals surface area contributed by atoms with Gasteiger partial charge >= 0.3 is 0 Å². The van der Waals surface area contributed by atoms with Crippen LogP contribution in [0.1, 0.15) is 36.2 Å². The summed E-state index contributed by atoms with van der Waals surface area (Å²) in [5.74, 6) is 1.41. The summed E-state index contributed by atoms with van der Waals surface area (Å²) in [5.41, 5.74) is 1.30. The van der Waals surface area contributed by atoms with Crippen molar-refractivity contribution in [3.8, 4) is 17.1 Å². The maximum absolute atomic E-state index is 13.1. The van der Waals surface area contributed by atoms with Gasteiger partial charge in [0.15, 0.2) is 11.5 Å². The Hall–Kier alpha value is -3.15. The van der Waals surface area contributed by atoms with Gasteiger partial charge in [0.05, 0.1) is 0 Å². The predicted octanol–water partition coefficient (Wildman–Crippen LogP) is 3.95. The zero-order valence-electron chi connectivity index (χ0n) is 15.4. The third kappa shape index (κ3) is 3.15. The molecule has 6 heteroatoms. The third-order valence-electron chi connectivity index (χ3n) is 5.66. The minimum atomic E-state index is -0.0409. The van der Waals surface area contributed by atoms with E-state index >= 15 is 0 Å². The molecule has 2 unspecified atom stereocenters.